The van der Waals surface area contributed by atoms with Gasteiger partial charge in [-0.25, -0.2) is 4.39 Å². The van der Waals surface area contributed by atoms with Gasteiger partial charge in [0.2, 0.25) is 0 Å². The molecule has 1 heterocycles. The molecule has 1 aromatic carbocycles. The number of nitrogens with zero attached hydrogens (tertiary/aromatic N) is 1. The van der Waals surface area contributed by atoms with Crippen LogP contribution in [0.5, 0.6) is 0 Å². The maximum Gasteiger partial charge on any atom is 0.146 e. The number of nitrogens with two attached hydrogens (primary N) is 1. The number of rotatable bonds is 2. The SMILES string of the molecule is CN1CCC(Cc2cccc(F)c2N)C1. The summed E-state index contributed by atoms with van der Waals surface area (Å²) >= 11 is 0. The van der Waals surface area contributed by atoms with Gasteiger partial charge in [-0.15, -0.1) is 0 Å². The Kier molecular flexibility index (Phi) is 2.91. The standard InChI is InChI=1S/C12H17FN2/c1-15-6-5-9(8-15)7-10-3-2-4-11(13)12(10)14/h2-4,9H,5-8,14H2,1H3. The zero-order chi connectivity index (χ0) is 10.8. The first-order valence-electron chi connectivity index (χ1n) is 5.38. The summed E-state index contributed by atoms with van der Waals surface area (Å²) in [7, 11) is 2.12. The van der Waals surface area contributed by atoms with Gasteiger partial charge in [0, 0.05) is 6.54 Å². The summed E-state index contributed by atoms with van der Waals surface area (Å²) in [5.74, 6) is 0.331. The Morgan fingerprint density at radius 3 is 3.00 bits per heavy atom. The fraction of sp³-hybridized carbons (Fsp3) is 0.500. The van der Waals surface area contributed by atoms with Crippen molar-refractivity contribution in [3.8, 4) is 0 Å². The molecule has 0 radical (unpaired) electrons. The predicted octanol–water partition coefficient (Wildman–Crippen LogP) is 1.90. The minimum absolute atomic E-state index is 0.293. The van der Waals surface area contributed by atoms with Crippen molar-refractivity contribution in [1.29, 1.82) is 0 Å². The van der Waals surface area contributed by atoms with Gasteiger partial charge in [-0.3, -0.25) is 0 Å². The first-order chi connectivity index (χ1) is 7.16. The van der Waals surface area contributed by atoms with Crippen molar-refractivity contribution in [3.05, 3.63) is 29.6 Å². The number of halogens is 1. The van der Waals surface area contributed by atoms with Gasteiger partial charge in [0.05, 0.1) is 5.69 Å². The Morgan fingerprint density at radius 2 is 2.33 bits per heavy atom. The quantitative estimate of drug-likeness (QED) is 0.752. The summed E-state index contributed by atoms with van der Waals surface area (Å²) < 4.78 is 13.2. The lowest BCUT2D eigenvalue weighted by Gasteiger charge is -2.12. The number of hydrogen-bond donors (Lipinski definition) is 1. The Hall–Kier alpha value is -1.09. The molecule has 1 aliphatic rings. The van der Waals surface area contributed by atoms with E-state index in [1.165, 1.54) is 12.5 Å². The zero-order valence-electron chi connectivity index (χ0n) is 9.04. The Bertz CT molecular complexity index is 351. The molecule has 1 unspecified atom stereocenters. The van der Waals surface area contributed by atoms with Crippen molar-refractivity contribution in [3.63, 3.8) is 0 Å². The van der Waals surface area contributed by atoms with Crippen LogP contribution in [0.2, 0.25) is 0 Å². The van der Waals surface area contributed by atoms with E-state index in [1.54, 1.807) is 6.07 Å². The minimum atomic E-state index is -0.293. The summed E-state index contributed by atoms with van der Waals surface area (Å²) in [6.07, 6.45) is 2.08. The van der Waals surface area contributed by atoms with E-state index in [-0.39, 0.29) is 5.82 Å². The van der Waals surface area contributed by atoms with E-state index >= 15 is 0 Å². The molecule has 82 valence electrons. The lowest BCUT2D eigenvalue weighted by atomic mass is 9.97. The maximum absolute atomic E-state index is 13.2. The molecule has 0 amide bonds. The largest absolute Gasteiger partial charge is 0.396 e. The second kappa shape index (κ2) is 4.19. The van der Waals surface area contributed by atoms with Crippen LogP contribution in [0.15, 0.2) is 18.2 Å². The molecule has 1 atom stereocenters. The molecule has 2 rings (SSSR count). The number of benzene rings is 1. The highest BCUT2D eigenvalue weighted by molar-refractivity contribution is 5.48. The minimum Gasteiger partial charge on any atom is -0.396 e. The summed E-state index contributed by atoms with van der Waals surface area (Å²) in [5, 5.41) is 0. The van der Waals surface area contributed by atoms with Crippen LogP contribution in [0.4, 0.5) is 10.1 Å². The van der Waals surface area contributed by atoms with E-state index in [0.29, 0.717) is 11.6 Å². The van der Waals surface area contributed by atoms with E-state index in [4.69, 9.17) is 5.73 Å². The topological polar surface area (TPSA) is 29.3 Å². The molecule has 2 nitrogen and oxygen atoms in total. The first kappa shape index (κ1) is 10.4. The number of para-hydroxylation sites is 1. The number of hydrogen-bond acceptors (Lipinski definition) is 2. The highest BCUT2D eigenvalue weighted by atomic mass is 19.1. The Morgan fingerprint density at radius 1 is 1.53 bits per heavy atom. The van der Waals surface area contributed by atoms with Crippen LogP contribution >= 0.6 is 0 Å². The van der Waals surface area contributed by atoms with Gasteiger partial charge in [0.25, 0.3) is 0 Å². The van der Waals surface area contributed by atoms with Crippen molar-refractivity contribution in [2.24, 2.45) is 5.92 Å². The molecule has 15 heavy (non-hydrogen) atoms. The van der Waals surface area contributed by atoms with E-state index in [1.807, 2.05) is 6.07 Å². The molecule has 1 fully saturated rings. The lowest BCUT2D eigenvalue weighted by molar-refractivity contribution is 0.394. The van der Waals surface area contributed by atoms with Crippen molar-refractivity contribution < 1.29 is 4.39 Å². The van der Waals surface area contributed by atoms with Gasteiger partial charge in [-0.2, -0.15) is 0 Å². The van der Waals surface area contributed by atoms with Gasteiger partial charge in [0.15, 0.2) is 0 Å². The second-order valence-corrected chi connectivity index (χ2v) is 4.43. The van der Waals surface area contributed by atoms with Crippen molar-refractivity contribution >= 4 is 5.69 Å². The van der Waals surface area contributed by atoms with Crippen LogP contribution in [0.3, 0.4) is 0 Å². The van der Waals surface area contributed by atoms with Gasteiger partial charge >= 0.3 is 0 Å². The third kappa shape index (κ3) is 2.29. The number of likely N-dealkylation sites (tertiary alicyclic amines) is 1. The Labute approximate surface area is 89.9 Å². The van der Waals surface area contributed by atoms with Crippen LogP contribution in [0, 0.1) is 11.7 Å². The first-order valence-corrected chi connectivity index (χ1v) is 5.38. The summed E-state index contributed by atoms with van der Waals surface area (Å²) in [5.41, 5.74) is 6.99. The number of anilines is 1. The van der Waals surface area contributed by atoms with E-state index in [2.05, 4.69) is 11.9 Å². The fourth-order valence-electron chi connectivity index (χ4n) is 2.26. The van der Waals surface area contributed by atoms with Crippen molar-refractivity contribution in [1.82, 2.24) is 4.90 Å². The zero-order valence-corrected chi connectivity index (χ0v) is 9.04. The smallest absolute Gasteiger partial charge is 0.146 e. The summed E-state index contributed by atoms with van der Waals surface area (Å²) in [6, 6.07) is 5.08. The maximum atomic E-state index is 13.2. The molecular formula is C12H17FN2. The molecule has 1 aliphatic heterocycles. The van der Waals surface area contributed by atoms with E-state index in [9.17, 15) is 4.39 Å². The molecule has 0 spiro atoms. The molecule has 2 N–H and O–H groups in total. The van der Waals surface area contributed by atoms with E-state index in [0.717, 1.165) is 25.1 Å². The molecule has 0 saturated carbocycles. The molecule has 0 aromatic heterocycles. The number of nitrogen functional groups attached to an aromatic ring is 1. The normalized spacial score (nSPS) is 22.1. The van der Waals surface area contributed by atoms with Crippen LogP contribution in [-0.2, 0) is 6.42 Å². The third-order valence-corrected chi connectivity index (χ3v) is 3.14. The van der Waals surface area contributed by atoms with E-state index < -0.39 is 0 Å². The molecule has 0 aliphatic carbocycles. The monoisotopic (exact) mass is 208 g/mol. The van der Waals surface area contributed by atoms with Gasteiger partial charge < -0.3 is 10.6 Å². The highest BCUT2D eigenvalue weighted by Crippen LogP contribution is 2.24. The van der Waals surface area contributed by atoms with Crippen molar-refractivity contribution in [2.75, 3.05) is 25.9 Å². The lowest BCUT2D eigenvalue weighted by Crippen LogP contribution is -2.15. The second-order valence-electron chi connectivity index (χ2n) is 4.43. The van der Waals surface area contributed by atoms with Crippen LogP contribution in [0.25, 0.3) is 0 Å². The average molecular weight is 208 g/mol. The highest BCUT2D eigenvalue weighted by Gasteiger charge is 2.20. The third-order valence-electron chi connectivity index (χ3n) is 3.14. The van der Waals surface area contributed by atoms with Gasteiger partial charge in [-0.1, -0.05) is 12.1 Å². The van der Waals surface area contributed by atoms with Gasteiger partial charge in [-0.05, 0) is 44.0 Å². The molecule has 3 heteroatoms. The molecule has 0 bridgehead atoms. The average Bonchev–Trinajstić information content (AvgIpc) is 2.59. The van der Waals surface area contributed by atoms with Crippen LogP contribution in [-0.4, -0.2) is 25.0 Å². The van der Waals surface area contributed by atoms with Crippen LogP contribution < -0.4 is 5.73 Å². The predicted molar refractivity (Wildman–Crippen MR) is 60.1 cm³/mol. The molecular weight excluding hydrogens is 191 g/mol. The summed E-state index contributed by atoms with van der Waals surface area (Å²) in [4.78, 5) is 2.31. The fourth-order valence-corrected chi connectivity index (χ4v) is 2.26. The summed E-state index contributed by atoms with van der Waals surface area (Å²) in [6.45, 7) is 2.23. The van der Waals surface area contributed by atoms with Gasteiger partial charge in [0.1, 0.15) is 5.82 Å². The Balaban J connectivity index is 2.07. The molecule has 1 saturated heterocycles. The van der Waals surface area contributed by atoms with Crippen LogP contribution in [0.1, 0.15) is 12.0 Å². The molecule has 1 aromatic rings. The van der Waals surface area contributed by atoms with Crippen molar-refractivity contribution in [2.45, 2.75) is 12.8 Å².